The molecule has 3 unspecified atom stereocenters. The molecule has 4 rings (SSSR count). The number of nitrogens with zero attached hydrogens (tertiary/aromatic N) is 1. The number of aliphatic hydroxyl groups is 2. The first-order valence-electron chi connectivity index (χ1n) is 14.1. The van der Waals surface area contributed by atoms with E-state index in [9.17, 15) is 24.6 Å². The molecule has 0 saturated heterocycles. The first kappa shape index (κ1) is 32.2. The van der Waals surface area contributed by atoms with E-state index in [2.05, 4.69) is 10.3 Å². The van der Waals surface area contributed by atoms with Gasteiger partial charge in [0, 0.05) is 48.3 Å². The van der Waals surface area contributed by atoms with Gasteiger partial charge in [-0.3, -0.25) is 14.4 Å². The van der Waals surface area contributed by atoms with Crippen molar-refractivity contribution in [1.82, 2.24) is 15.2 Å². The van der Waals surface area contributed by atoms with Gasteiger partial charge in [-0.15, -0.1) is 0 Å². The molecular weight excluding hydrogens is 665 g/mol. The Kier molecular flexibility index (Phi) is 11.4. The summed E-state index contributed by atoms with van der Waals surface area (Å²) >= 11 is 2.02. The predicted molar refractivity (Wildman–Crippen MR) is 171 cm³/mol. The monoisotopic (exact) mass is 701 g/mol. The predicted octanol–water partition coefficient (Wildman–Crippen LogP) is 3.55. The van der Waals surface area contributed by atoms with E-state index in [0.29, 0.717) is 45.3 Å². The number of ether oxygens (including phenoxy) is 2. The number of aromatic amines is 1. The van der Waals surface area contributed by atoms with E-state index in [0.717, 1.165) is 16.6 Å². The highest BCUT2D eigenvalue weighted by molar-refractivity contribution is 14.1. The van der Waals surface area contributed by atoms with Crippen LogP contribution in [0.5, 0.6) is 11.5 Å². The Labute approximate surface area is 263 Å². The average molecular weight is 702 g/mol. The van der Waals surface area contributed by atoms with Crippen LogP contribution >= 0.6 is 22.6 Å². The Bertz CT molecular complexity index is 1480. The second kappa shape index (κ2) is 15.2. The molecule has 0 spiro atoms. The summed E-state index contributed by atoms with van der Waals surface area (Å²) in [4.78, 5) is 43.0. The number of rotatable bonds is 13. The Balaban J connectivity index is 1.69. The fraction of sp³-hybridized carbons (Fsp3) is 0.344. The third-order valence-electron chi connectivity index (χ3n) is 7.24. The molecule has 11 heteroatoms. The Hall–Kier alpha value is -3.68. The van der Waals surface area contributed by atoms with Crippen molar-refractivity contribution in [2.75, 3.05) is 26.8 Å². The second-order valence-electron chi connectivity index (χ2n) is 10.1. The minimum atomic E-state index is -1.21. The summed E-state index contributed by atoms with van der Waals surface area (Å²) in [5.74, 6) is -0.128. The fourth-order valence-corrected chi connectivity index (χ4v) is 5.85. The highest BCUT2D eigenvalue weighted by atomic mass is 127. The third kappa shape index (κ3) is 7.84. The largest absolute Gasteiger partial charge is 0.493 e. The molecule has 4 N–H and O–H groups in total. The van der Waals surface area contributed by atoms with E-state index in [1.165, 1.54) is 19.3 Å². The van der Waals surface area contributed by atoms with Gasteiger partial charge in [0.2, 0.25) is 11.8 Å². The Morgan fingerprint density at radius 2 is 2.02 bits per heavy atom. The van der Waals surface area contributed by atoms with Gasteiger partial charge in [0.15, 0.2) is 11.5 Å². The third-order valence-corrected chi connectivity index (χ3v) is 8.04. The van der Waals surface area contributed by atoms with Crippen LogP contribution < -0.4 is 14.8 Å². The number of aliphatic hydroxyl groups excluding tert-OH is 2. The number of hydrogen-bond acceptors (Lipinski definition) is 7. The van der Waals surface area contributed by atoms with Crippen molar-refractivity contribution in [3.8, 4) is 11.5 Å². The number of H-pyrrole nitrogens is 1. The number of halogens is 1. The van der Waals surface area contributed by atoms with Crippen molar-refractivity contribution < 1.29 is 34.1 Å². The Morgan fingerprint density at radius 3 is 2.72 bits per heavy atom. The maximum atomic E-state index is 13.5. The molecule has 1 heterocycles. The van der Waals surface area contributed by atoms with Gasteiger partial charge >= 0.3 is 0 Å². The molecule has 0 aliphatic heterocycles. The number of fused-ring (bicyclic) bond motifs is 1. The highest BCUT2D eigenvalue weighted by Crippen LogP contribution is 2.37. The number of carbonyl (C=O) groups is 3. The van der Waals surface area contributed by atoms with E-state index in [-0.39, 0.29) is 32.0 Å². The maximum Gasteiger partial charge on any atom is 0.247 e. The number of methoxy groups -OCH3 is 1. The summed E-state index contributed by atoms with van der Waals surface area (Å²) in [7, 11) is 1.45. The van der Waals surface area contributed by atoms with Gasteiger partial charge in [0.05, 0.1) is 23.3 Å². The van der Waals surface area contributed by atoms with Gasteiger partial charge in [-0.1, -0.05) is 31.2 Å². The number of aromatic nitrogens is 1. The first-order valence-corrected chi connectivity index (χ1v) is 15.2. The van der Waals surface area contributed by atoms with E-state index in [4.69, 9.17) is 9.47 Å². The van der Waals surface area contributed by atoms with Crippen molar-refractivity contribution in [2.24, 2.45) is 0 Å². The molecule has 2 amide bonds. The van der Waals surface area contributed by atoms with Crippen LogP contribution in [0, 0.1) is 3.57 Å². The number of benzene rings is 2. The van der Waals surface area contributed by atoms with Gasteiger partial charge in [-0.05, 0) is 70.8 Å². The number of nitrogens with one attached hydrogen (secondary N) is 2. The number of allylic oxidation sites excluding steroid dienone is 1. The second-order valence-corrected chi connectivity index (χ2v) is 11.3. The molecule has 3 atom stereocenters. The number of hydrogen-bond donors (Lipinski definition) is 4. The highest BCUT2D eigenvalue weighted by Gasteiger charge is 2.40. The molecule has 0 saturated carbocycles. The summed E-state index contributed by atoms with van der Waals surface area (Å²) in [5.41, 5.74) is 2.63. The molecule has 0 bridgehead atoms. The molecule has 0 radical (unpaired) electrons. The van der Waals surface area contributed by atoms with Crippen LogP contribution in [0.2, 0.25) is 0 Å². The van der Waals surface area contributed by atoms with Crippen molar-refractivity contribution in [3.05, 3.63) is 81.1 Å². The van der Waals surface area contributed by atoms with E-state index in [1.54, 1.807) is 23.1 Å². The van der Waals surface area contributed by atoms with Gasteiger partial charge < -0.3 is 34.9 Å². The molecule has 2 aromatic carbocycles. The zero-order valence-corrected chi connectivity index (χ0v) is 26.2. The lowest BCUT2D eigenvalue weighted by molar-refractivity contribution is -0.133. The van der Waals surface area contributed by atoms with Crippen molar-refractivity contribution in [1.29, 1.82) is 0 Å². The minimum Gasteiger partial charge on any atom is -0.493 e. The summed E-state index contributed by atoms with van der Waals surface area (Å²) in [5, 5.41) is 24.7. The number of para-hydroxylation sites is 1. The molecule has 43 heavy (non-hydrogen) atoms. The zero-order chi connectivity index (χ0) is 30.9. The van der Waals surface area contributed by atoms with Crippen LogP contribution in [0.1, 0.15) is 35.8 Å². The van der Waals surface area contributed by atoms with Crippen LogP contribution in [0.15, 0.2) is 66.3 Å². The lowest BCUT2D eigenvalue weighted by Crippen LogP contribution is -2.55. The van der Waals surface area contributed by atoms with Crippen LogP contribution in [-0.4, -0.2) is 83.3 Å². The fourth-order valence-electron chi connectivity index (χ4n) is 5.10. The summed E-state index contributed by atoms with van der Waals surface area (Å²) in [6.07, 6.45) is 4.47. The van der Waals surface area contributed by atoms with E-state index < -0.39 is 24.2 Å². The summed E-state index contributed by atoms with van der Waals surface area (Å²) in [6, 6.07) is 12.3. The normalized spacial score (nSPS) is 18.3. The van der Waals surface area contributed by atoms with Crippen molar-refractivity contribution >= 4 is 51.6 Å². The molecule has 0 fully saturated rings. The van der Waals surface area contributed by atoms with Crippen molar-refractivity contribution in [2.45, 2.75) is 44.4 Å². The molecular formula is C32H36IN3O7. The van der Waals surface area contributed by atoms with Gasteiger partial charge in [0.1, 0.15) is 18.5 Å². The maximum absolute atomic E-state index is 13.5. The summed E-state index contributed by atoms with van der Waals surface area (Å²) < 4.78 is 12.3. The summed E-state index contributed by atoms with van der Waals surface area (Å²) in [6.45, 7) is 2.01. The number of carbonyl (C=O) groups excluding carboxylic acids is 3. The Morgan fingerprint density at radius 1 is 1.23 bits per heavy atom. The first-order chi connectivity index (χ1) is 20.8. The number of amides is 2. The van der Waals surface area contributed by atoms with Crippen molar-refractivity contribution in [3.63, 3.8) is 0 Å². The molecule has 3 aromatic rings. The van der Waals surface area contributed by atoms with Crippen LogP contribution in [0.25, 0.3) is 10.9 Å². The quantitative estimate of drug-likeness (QED) is 0.121. The topological polar surface area (TPSA) is 141 Å². The average Bonchev–Trinajstić information content (AvgIpc) is 3.44. The molecule has 228 valence electrons. The molecule has 1 aliphatic carbocycles. The lowest BCUT2D eigenvalue weighted by Gasteiger charge is -2.40. The van der Waals surface area contributed by atoms with Crippen LogP contribution in [-0.2, 0) is 16.0 Å². The van der Waals surface area contributed by atoms with Gasteiger partial charge in [0.25, 0.3) is 0 Å². The lowest BCUT2D eigenvalue weighted by atomic mass is 9.88. The van der Waals surface area contributed by atoms with Gasteiger partial charge in [-0.25, -0.2) is 0 Å². The van der Waals surface area contributed by atoms with Crippen LogP contribution in [0.3, 0.4) is 0 Å². The molecule has 1 aromatic heterocycles. The smallest absolute Gasteiger partial charge is 0.247 e. The van der Waals surface area contributed by atoms with Gasteiger partial charge in [-0.2, -0.15) is 0 Å². The standard InChI is InChI=1S/C32H36IN3O7/c1-3-4-9-29(39)36(12-10-23-16-21-7-5-6-8-25(21)35-23)26-17-22(32(41)34-11-13-37)18-27(30(26)40)43-31-24(33)14-20(19-38)15-28(31)42-2/h4-9,14-16,18-19,26-27,30,35,37,40H,3,10-13,17H2,1-2H3,(H,34,41). The molecule has 10 nitrogen and oxygen atoms in total. The zero-order valence-electron chi connectivity index (χ0n) is 24.1. The minimum absolute atomic E-state index is 0.0516. The van der Waals surface area contributed by atoms with Crippen LogP contribution in [0.4, 0.5) is 0 Å². The number of aldehydes is 1. The molecule has 1 aliphatic rings. The van der Waals surface area contributed by atoms with E-state index >= 15 is 0 Å². The van der Waals surface area contributed by atoms with E-state index in [1.807, 2.05) is 59.8 Å². The SMILES string of the molecule is CCC=CC(=O)N(CCc1cc2ccccc2[nH]1)C1CC(C(=O)NCCO)=CC(Oc2c(I)cc(C=O)cc2OC)C1O.